The van der Waals surface area contributed by atoms with Gasteiger partial charge in [-0.25, -0.2) is 4.21 Å². The molecule has 0 saturated heterocycles. The highest BCUT2D eigenvalue weighted by molar-refractivity contribution is 8.04. The maximum Gasteiger partial charge on any atom is 0.305 e. The van der Waals surface area contributed by atoms with Gasteiger partial charge in [-0.3, -0.25) is 13.9 Å². The number of rotatable bonds is 6. The molecular weight excluding hydrogens is 374 g/mol. The highest BCUT2D eigenvalue weighted by Gasteiger charge is 2.73. The van der Waals surface area contributed by atoms with Crippen LogP contribution in [0.3, 0.4) is 0 Å². The lowest BCUT2D eigenvalue weighted by Crippen LogP contribution is -2.54. The lowest BCUT2D eigenvalue weighted by atomic mass is 9.70. The molecular formula is C10H17NO9S3. The predicted octanol–water partition coefficient (Wildman–Crippen LogP) is -0.417. The third-order valence-electron chi connectivity index (χ3n) is 5.14. The van der Waals surface area contributed by atoms with E-state index in [-0.39, 0.29) is 18.8 Å². The first-order valence-electron chi connectivity index (χ1n) is 6.55. The molecule has 10 nitrogen and oxygen atoms in total. The van der Waals surface area contributed by atoms with Crippen molar-refractivity contribution in [1.29, 1.82) is 0 Å². The van der Waals surface area contributed by atoms with Crippen molar-refractivity contribution in [2.45, 2.75) is 37.7 Å². The Kier molecular flexibility index (Phi) is 4.55. The molecule has 2 saturated carbocycles. The van der Waals surface area contributed by atoms with Crippen LogP contribution in [-0.4, -0.2) is 40.5 Å². The van der Waals surface area contributed by atoms with Crippen LogP contribution in [0.15, 0.2) is 0 Å². The van der Waals surface area contributed by atoms with Crippen molar-refractivity contribution in [2.24, 2.45) is 16.7 Å². The number of ketones is 1. The molecule has 3 N–H and O–H groups in total. The molecule has 13 heteroatoms. The summed E-state index contributed by atoms with van der Waals surface area (Å²) in [6.45, 7) is 3.14. The van der Waals surface area contributed by atoms with Gasteiger partial charge in [-0.15, -0.1) is 0 Å². The molecule has 0 heterocycles. The molecule has 134 valence electrons. The predicted molar refractivity (Wildman–Crippen MR) is 77.8 cm³/mol. The summed E-state index contributed by atoms with van der Waals surface area (Å²) in [5.41, 5.74) is -2.87. The Bertz CT molecular complexity index is 756. The van der Waals surface area contributed by atoms with E-state index in [2.05, 4.69) is 4.28 Å². The van der Waals surface area contributed by atoms with E-state index < -0.39 is 52.7 Å². The Hall–Kier alpha value is -0.440. The van der Waals surface area contributed by atoms with Crippen molar-refractivity contribution in [3.8, 4) is 0 Å². The van der Waals surface area contributed by atoms with Gasteiger partial charge < -0.3 is 0 Å². The summed E-state index contributed by atoms with van der Waals surface area (Å²) in [4.78, 5) is 13.6. The van der Waals surface area contributed by atoms with Crippen LogP contribution < -0.4 is 4.89 Å². The van der Waals surface area contributed by atoms with Gasteiger partial charge in [0, 0.05) is 6.42 Å². The second kappa shape index (κ2) is 5.54. The molecule has 2 bridgehead atoms. The maximum atomic E-state index is 12.4. The summed E-state index contributed by atoms with van der Waals surface area (Å²) in [5.74, 6) is -0.798. The molecule has 0 radical (unpaired) electrons. The highest BCUT2D eigenvalue weighted by Crippen LogP contribution is 2.67. The average Bonchev–Trinajstić information content (AvgIpc) is 2.69. The van der Waals surface area contributed by atoms with Gasteiger partial charge in [0.2, 0.25) is 4.58 Å². The molecule has 0 amide bonds. The van der Waals surface area contributed by atoms with E-state index in [1.165, 1.54) is 4.89 Å². The number of fused-ring (bicyclic) bond motifs is 2. The van der Waals surface area contributed by atoms with Crippen LogP contribution in [0.25, 0.3) is 0 Å². The third-order valence-corrected chi connectivity index (χ3v) is 9.10. The molecule has 0 aromatic rings. The molecule has 0 spiro atoms. The molecule has 23 heavy (non-hydrogen) atoms. The molecule has 2 aliphatic carbocycles. The SMILES string of the molecule is CC1(C)C2CCC1(C(S(=O)(=O)O)S(=O)(=O)ONS(=O)O)C(=O)C2. The standard InChI is InChI=1S/C10H17NO9S3/c1-9(2)6-3-4-10(9,7(12)5-6)8(22(15,16)17)23(18,19)20-11-21(13)14/h6,8,11H,3-5H2,1-2H3,(H,13,14)(H,15,16,17). The van der Waals surface area contributed by atoms with Crippen molar-refractivity contribution in [2.75, 3.05) is 0 Å². The second-order valence-electron chi connectivity index (χ2n) is 6.31. The fourth-order valence-electron chi connectivity index (χ4n) is 4.03. The zero-order valence-electron chi connectivity index (χ0n) is 12.3. The van der Waals surface area contributed by atoms with Crippen LogP contribution in [-0.2, 0) is 40.6 Å². The number of hydrogen-bond acceptors (Lipinski definition) is 7. The number of nitrogens with one attached hydrogen (secondary N) is 1. The zero-order chi connectivity index (χ0) is 17.8. The van der Waals surface area contributed by atoms with E-state index in [0.717, 1.165) is 0 Å². The van der Waals surface area contributed by atoms with E-state index in [4.69, 9.17) is 4.55 Å². The van der Waals surface area contributed by atoms with Crippen LogP contribution in [0.4, 0.5) is 0 Å². The summed E-state index contributed by atoms with van der Waals surface area (Å²) < 4.78 is 78.2. The minimum atomic E-state index is -5.26. The van der Waals surface area contributed by atoms with Crippen LogP contribution in [0, 0.1) is 16.7 Å². The minimum absolute atomic E-state index is 0.00784. The van der Waals surface area contributed by atoms with E-state index in [9.17, 15) is 30.4 Å². The quantitative estimate of drug-likeness (QED) is 0.310. The molecule has 2 aliphatic rings. The molecule has 2 rings (SSSR count). The largest absolute Gasteiger partial charge is 0.305 e. The highest BCUT2D eigenvalue weighted by atomic mass is 32.3. The molecule has 4 unspecified atom stereocenters. The Morgan fingerprint density at radius 1 is 1.35 bits per heavy atom. The Morgan fingerprint density at radius 2 is 1.91 bits per heavy atom. The van der Waals surface area contributed by atoms with Gasteiger partial charge in [-0.05, 0) is 24.2 Å². The summed E-state index contributed by atoms with van der Waals surface area (Å²) in [6, 6.07) is 0. The average molecular weight is 391 g/mol. The Labute approximate surface area is 136 Å². The monoisotopic (exact) mass is 391 g/mol. The molecule has 0 aromatic heterocycles. The number of carbonyl (C=O) groups is 1. The fraction of sp³-hybridized carbons (Fsp3) is 0.900. The first kappa shape index (κ1) is 18.9. The van der Waals surface area contributed by atoms with Gasteiger partial charge >= 0.3 is 10.1 Å². The van der Waals surface area contributed by atoms with Crippen molar-refractivity contribution in [1.82, 2.24) is 4.89 Å². The van der Waals surface area contributed by atoms with E-state index >= 15 is 0 Å². The van der Waals surface area contributed by atoms with Crippen LogP contribution in [0.2, 0.25) is 0 Å². The van der Waals surface area contributed by atoms with Crippen LogP contribution in [0.1, 0.15) is 33.1 Å². The molecule has 0 aliphatic heterocycles. The lowest BCUT2D eigenvalue weighted by Gasteiger charge is -2.39. The normalized spacial score (nSPS) is 32.9. The van der Waals surface area contributed by atoms with E-state index in [1.807, 2.05) is 0 Å². The summed E-state index contributed by atoms with van der Waals surface area (Å²) in [7, 11) is -10.4. The van der Waals surface area contributed by atoms with Crippen molar-refractivity contribution in [3.05, 3.63) is 0 Å². The maximum absolute atomic E-state index is 12.4. The van der Waals surface area contributed by atoms with Crippen LogP contribution in [0.5, 0.6) is 0 Å². The molecule has 2 fully saturated rings. The van der Waals surface area contributed by atoms with Gasteiger partial charge in [-0.2, -0.15) is 21.1 Å². The smallest absolute Gasteiger partial charge is 0.299 e. The molecule has 0 aromatic carbocycles. The Morgan fingerprint density at radius 3 is 2.26 bits per heavy atom. The lowest BCUT2D eigenvalue weighted by molar-refractivity contribution is -0.128. The first-order chi connectivity index (χ1) is 10.3. The summed E-state index contributed by atoms with van der Waals surface area (Å²) >= 11 is -2.90. The van der Waals surface area contributed by atoms with Gasteiger partial charge in [-0.1, -0.05) is 18.7 Å². The van der Waals surface area contributed by atoms with E-state index in [1.54, 1.807) is 13.8 Å². The summed E-state index contributed by atoms with van der Waals surface area (Å²) in [5, 5.41) is 0. The summed E-state index contributed by atoms with van der Waals surface area (Å²) in [6.07, 6.45) is 0.395. The fourth-order valence-corrected chi connectivity index (χ4v) is 8.15. The van der Waals surface area contributed by atoms with Gasteiger partial charge in [0.05, 0.1) is 5.41 Å². The van der Waals surface area contributed by atoms with Gasteiger partial charge in [0.15, 0.2) is 0 Å². The first-order valence-corrected chi connectivity index (χ1v) is 10.6. The number of carbonyl (C=O) groups excluding carboxylic acids is 1. The van der Waals surface area contributed by atoms with E-state index in [0.29, 0.717) is 6.42 Å². The van der Waals surface area contributed by atoms with Crippen molar-refractivity contribution >= 4 is 37.3 Å². The zero-order valence-corrected chi connectivity index (χ0v) is 14.7. The second-order valence-corrected chi connectivity index (χ2v) is 10.4. The van der Waals surface area contributed by atoms with Gasteiger partial charge in [0.1, 0.15) is 5.78 Å². The van der Waals surface area contributed by atoms with Crippen LogP contribution >= 0.6 is 0 Å². The van der Waals surface area contributed by atoms with Gasteiger partial charge in [0.25, 0.3) is 21.4 Å². The van der Waals surface area contributed by atoms with Crippen molar-refractivity contribution in [3.63, 3.8) is 0 Å². The number of hydrogen-bond donors (Lipinski definition) is 3. The van der Waals surface area contributed by atoms with Crippen molar-refractivity contribution < 1.29 is 39.2 Å². The topological polar surface area (TPSA) is 164 Å². The number of Topliss-reactive ketones (excluding diaryl/α,β-unsaturated/α-hetero) is 1. The Balaban J connectivity index is 2.62. The minimum Gasteiger partial charge on any atom is -0.299 e. The molecule has 4 atom stereocenters. The third kappa shape index (κ3) is 2.77.